The molecule has 0 heterocycles. The van der Waals surface area contributed by atoms with E-state index in [1.54, 1.807) is 11.8 Å². The third kappa shape index (κ3) is 4.45. The Kier molecular flexibility index (Phi) is 5.51. The minimum atomic E-state index is -0.238. The van der Waals surface area contributed by atoms with Gasteiger partial charge in [0.25, 0.3) is 0 Å². The summed E-state index contributed by atoms with van der Waals surface area (Å²) in [6.45, 7) is 1.99. The first-order chi connectivity index (χ1) is 7.13. The number of thioether (sulfide) groups is 1. The fraction of sp³-hybridized carbons (Fsp3) is 0.500. The Hall–Kier alpha value is -0.180. The lowest BCUT2D eigenvalue weighted by Gasteiger charge is -2.10. The molecule has 1 aromatic carbocycles. The van der Waals surface area contributed by atoms with Crippen molar-refractivity contribution in [2.75, 3.05) is 12.0 Å². The second-order valence-electron chi connectivity index (χ2n) is 3.72. The average Bonchev–Trinajstić information content (AvgIpc) is 2.20. The highest BCUT2D eigenvalue weighted by atomic mass is 35.5. The van der Waals surface area contributed by atoms with Gasteiger partial charge in [0.1, 0.15) is 0 Å². The monoisotopic (exact) mass is 244 g/mol. The second-order valence-corrected chi connectivity index (χ2v) is 5.12. The molecule has 0 aliphatic carbocycles. The number of hydrogen-bond acceptors (Lipinski definition) is 2. The van der Waals surface area contributed by atoms with Gasteiger partial charge in [-0.25, -0.2) is 0 Å². The average molecular weight is 245 g/mol. The third-order valence-electron chi connectivity index (χ3n) is 2.35. The zero-order valence-corrected chi connectivity index (χ0v) is 10.7. The fourth-order valence-electron chi connectivity index (χ4n) is 1.46. The van der Waals surface area contributed by atoms with E-state index in [1.807, 2.05) is 25.1 Å². The van der Waals surface area contributed by atoms with Crippen molar-refractivity contribution in [3.8, 4) is 0 Å². The molecule has 1 aromatic rings. The van der Waals surface area contributed by atoms with Crippen molar-refractivity contribution < 1.29 is 5.11 Å². The first-order valence-corrected chi connectivity index (χ1v) is 6.82. The molecule has 0 bridgehead atoms. The zero-order chi connectivity index (χ0) is 11.3. The van der Waals surface area contributed by atoms with E-state index in [0.29, 0.717) is 0 Å². The first-order valence-electron chi connectivity index (χ1n) is 5.05. The van der Waals surface area contributed by atoms with Gasteiger partial charge in [0.05, 0.1) is 6.10 Å². The molecule has 3 heteroatoms. The predicted molar refractivity (Wildman–Crippen MR) is 68.9 cm³/mol. The van der Waals surface area contributed by atoms with Gasteiger partial charge in [-0.1, -0.05) is 23.7 Å². The lowest BCUT2D eigenvalue weighted by molar-refractivity contribution is 0.172. The Morgan fingerprint density at radius 1 is 1.47 bits per heavy atom. The highest BCUT2D eigenvalue weighted by molar-refractivity contribution is 7.98. The van der Waals surface area contributed by atoms with Gasteiger partial charge >= 0.3 is 0 Å². The zero-order valence-electron chi connectivity index (χ0n) is 9.16. The van der Waals surface area contributed by atoms with Crippen LogP contribution >= 0.6 is 23.4 Å². The summed E-state index contributed by atoms with van der Waals surface area (Å²) in [5.41, 5.74) is 2.23. The van der Waals surface area contributed by atoms with Crippen molar-refractivity contribution in [2.24, 2.45) is 0 Å². The van der Waals surface area contributed by atoms with Gasteiger partial charge in [-0.05, 0) is 49.0 Å². The molecule has 84 valence electrons. The van der Waals surface area contributed by atoms with E-state index in [1.165, 1.54) is 0 Å². The van der Waals surface area contributed by atoms with Crippen molar-refractivity contribution in [1.82, 2.24) is 0 Å². The summed E-state index contributed by atoms with van der Waals surface area (Å²) in [4.78, 5) is 0. The summed E-state index contributed by atoms with van der Waals surface area (Å²) in [6, 6.07) is 5.93. The van der Waals surface area contributed by atoms with Crippen LogP contribution < -0.4 is 0 Å². The Balaban J connectivity index is 2.53. The lowest BCUT2D eigenvalue weighted by Crippen LogP contribution is -2.11. The second kappa shape index (κ2) is 6.41. The molecule has 1 atom stereocenters. The van der Waals surface area contributed by atoms with E-state index in [0.717, 1.165) is 34.7 Å². The number of hydrogen-bond donors (Lipinski definition) is 1. The topological polar surface area (TPSA) is 20.2 Å². The van der Waals surface area contributed by atoms with Crippen molar-refractivity contribution in [3.63, 3.8) is 0 Å². The van der Waals surface area contributed by atoms with Gasteiger partial charge in [-0.3, -0.25) is 0 Å². The molecule has 1 unspecified atom stereocenters. The van der Waals surface area contributed by atoms with Crippen molar-refractivity contribution >= 4 is 23.4 Å². The maximum Gasteiger partial charge on any atom is 0.0588 e. The van der Waals surface area contributed by atoms with Crippen LogP contribution in [0.5, 0.6) is 0 Å². The van der Waals surface area contributed by atoms with Crippen LogP contribution in [0.1, 0.15) is 17.5 Å². The molecule has 0 saturated heterocycles. The summed E-state index contributed by atoms with van der Waals surface area (Å²) in [5.74, 6) is 1.01. The van der Waals surface area contributed by atoms with Crippen LogP contribution in [-0.2, 0) is 6.42 Å². The summed E-state index contributed by atoms with van der Waals surface area (Å²) in [5, 5.41) is 10.5. The fourth-order valence-corrected chi connectivity index (χ4v) is 2.09. The van der Waals surface area contributed by atoms with E-state index in [2.05, 4.69) is 6.26 Å². The smallest absolute Gasteiger partial charge is 0.0588 e. The standard InChI is InChI=1S/C12H17ClOS/c1-9-7-10(3-4-12(9)13)8-11(14)5-6-15-2/h3-4,7,11,14H,5-6,8H2,1-2H3. The van der Waals surface area contributed by atoms with E-state index >= 15 is 0 Å². The maximum absolute atomic E-state index is 9.75. The summed E-state index contributed by atoms with van der Waals surface area (Å²) >= 11 is 7.70. The molecule has 0 fully saturated rings. The third-order valence-corrected chi connectivity index (χ3v) is 3.42. The first kappa shape index (κ1) is 12.9. The molecule has 1 N–H and O–H groups in total. The largest absolute Gasteiger partial charge is 0.393 e. The molecular formula is C12H17ClOS. The Bertz CT molecular complexity index is 314. The minimum Gasteiger partial charge on any atom is -0.393 e. The van der Waals surface area contributed by atoms with Crippen LogP contribution in [0.25, 0.3) is 0 Å². The molecule has 0 amide bonds. The van der Waals surface area contributed by atoms with E-state index in [-0.39, 0.29) is 6.10 Å². The number of benzene rings is 1. The molecular weight excluding hydrogens is 228 g/mol. The van der Waals surface area contributed by atoms with Crippen LogP contribution in [0.15, 0.2) is 18.2 Å². The van der Waals surface area contributed by atoms with Gasteiger partial charge in [0, 0.05) is 5.02 Å². The Labute approximate surface area is 101 Å². The van der Waals surface area contributed by atoms with Gasteiger partial charge in [0.15, 0.2) is 0 Å². The van der Waals surface area contributed by atoms with Gasteiger partial charge in [0.2, 0.25) is 0 Å². The molecule has 0 aromatic heterocycles. The lowest BCUT2D eigenvalue weighted by atomic mass is 10.0. The molecule has 15 heavy (non-hydrogen) atoms. The summed E-state index contributed by atoms with van der Waals surface area (Å²) in [7, 11) is 0. The van der Waals surface area contributed by atoms with Crippen molar-refractivity contribution in [2.45, 2.75) is 25.9 Å². The molecule has 0 aliphatic rings. The van der Waals surface area contributed by atoms with Crippen molar-refractivity contribution in [1.29, 1.82) is 0 Å². The van der Waals surface area contributed by atoms with E-state index in [9.17, 15) is 5.11 Å². The minimum absolute atomic E-state index is 0.238. The molecule has 1 nitrogen and oxygen atoms in total. The van der Waals surface area contributed by atoms with Gasteiger partial charge in [-0.2, -0.15) is 11.8 Å². The number of aliphatic hydroxyl groups is 1. The van der Waals surface area contributed by atoms with E-state index < -0.39 is 0 Å². The molecule has 0 aliphatic heterocycles. The maximum atomic E-state index is 9.75. The molecule has 1 rings (SSSR count). The Morgan fingerprint density at radius 3 is 2.80 bits per heavy atom. The highest BCUT2D eigenvalue weighted by Gasteiger charge is 2.06. The number of rotatable bonds is 5. The molecule has 0 spiro atoms. The quantitative estimate of drug-likeness (QED) is 0.858. The summed E-state index contributed by atoms with van der Waals surface area (Å²) in [6.07, 6.45) is 3.39. The van der Waals surface area contributed by atoms with Crippen molar-refractivity contribution in [3.05, 3.63) is 34.3 Å². The van der Waals surface area contributed by atoms with Crippen LogP contribution in [0.4, 0.5) is 0 Å². The van der Waals surface area contributed by atoms with Crippen LogP contribution in [0, 0.1) is 6.92 Å². The van der Waals surface area contributed by atoms with E-state index in [4.69, 9.17) is 11.6 Å². The van der Waals surface area contributed by atoms with Crippen LogP contribution in [0.3, 0.4) is 0 Å². The SMILES string of the molecule is CSCCC(O)Cc1ccc(Cl)c(C)c1. The predicted octanol–water partition coefficient (Wildman–Crippen LogP) is 3.30. The summed E-state index contributed by atoms with van der Waals surface area (Å²) < 4.78 is 0. The van der Waals surface area contributed by atoms with Crippen LogP contribution in [-0.4, -0.2) is 23.2 Å². The normalized spacial score (nSPS) is 12.8. The highest BCUT2D eigenvalue weighted by Crippen LogP contribution is 2.18. The Morgan fingerprint density at radius 2 is 2.20 bits per heavy atom. The molecule has 0 saturated carbocycles. The number of aryl methyl sites for hydroxylation is 1. The number of aliphatic hydroxyl groups excluding tert-OH is 1. The molecule has 0 radical (unpaired) electrons. The van der Waals surface area contributed by atoms with Gasteiger partial charge < -0.3 is 5.11 Å². The number of halogens is 1. The van der Waals surface area contributed by atoms with Gasteiger partial charge in [-0.15, -0.1) is 0 Å². The van der Waals surface area contributed by atoms with Crippen LogP contribution in [0.2, 0.25) is 5.02 Å².